The van der Waals surface area contributed by atoms with E-state index in [2.05, 4.69) is 16.0 Å². The van der Waals surface area contributed by atoms with Gasteiger partial charge in [0.15, 0.2) is 0 Å². The lowest BCUT2D eigenvalue weighted by Gasteiger charge is -2.28. The maximum atomic E-state index is 12.9. The molecule has 0 aromatic heterocycles. The fourth-order valence-corrected chi connectivity index (χ4v) is 4.33. The maximum Gasteiger partial charge on any atom is 0.278 e. The summed E-state index contributed by atoms with van der Waals surface area (Å²) in [5.41, 5.74) is 9.09. The number of hydrogen-bond acceptors (Lipinski definition) is 7. The van der Waals surface area contributed by atoms with Gasteiger partial charge in [0, 0.05) is 41.4 Å². The molecule has 1 unspecified atom stereocenters. The first-order valence-electron chi connectivity index (χ1n) is 11.7. The third-order valence-corrected chi connectivity index (χ3v) is 6.62. The molecule has 2 aromatic carbocycles. The highest BCUT2D eigenvalue weighted by Crippen LogP contribution is 2.25. The van der Waals surface area contributed by atoms with Gasteiger partial charge in [0.2, 0.25) is 17.7 Å². The van der Waals surface area contributed by atoms with Crippen LogP contribution in [0.5, 0.6) is 0 Å². The minimum absolute atomic E-state index is 0.0107. The minimum atomic E-state index is -1.03. The molecule has 0 radical (unpaired) electrons. The Labute approximate surface area is 218 Å². The number of halogens is 1. The van der Waals surface area contributed by atoms with Crippen LogP contribution >= 0.6 is 11.6 Å². The van der Waals surface area contributed by atoms with Crippen LogP contribution in [0.3, 0.4) is 0 Å². The first kappa shape index (κ1) is 26.1. The van der Waals surface area contributed by atoms with Gasteiger partial charge in [0.1, 0.15) is 11.7 Å². The van der Waals surface area contributed by atoms with Crippen LogP contribution in [0.4, 0.5) is 11.4 Å². The van der Waals surface area contributed by atoms with Gasteiger partial charge >= 0.3 is 0 Å². The van der Waals surface area contributed by atoms with Crippen LogP contribution in [0.15, 0.2) is 54.2 Å². The first-order chi connectivity index (χ1) is 17.6. The second kappa shape index (κ2) is 10.9. The number of piperidine rings is 1. The molecule has 2 aromatic rings. The summed E-state index contributed by atoms with van der Waals surface area (Å²) in [5.74, 6) is -2.58. The molecule has 192 valence electrons. The van der Waals surface area contributed by atoms with Crippen LogP contribution < -0.4 is 21.7 Å². The summed E-state index contributed by atoms with van der Waals surface area (Å²) in [7, 11) is 0. The number of rotatable bonds is 8. The molecule has 10 nitrogen and oxygen atoms in total. The van der Waals surface area contributed by atoms with Crippen LogP contribution in [-0.2, 0) is 24.0 Å². The van der Waals surface area contributed by atoms with Crippen molar-refractivity contribution < 1.29 is 24.0 Å². The Morgan fingerprint density at radius 3 is 2.68 bits per heavy atom. The molecule has 2 aliphatic heterocycles. The molecule has 0 bridgehead atoms. The molecule has 5 N–H and O–H groups in total. The number of benzene rings is 2. The zero-order valence-electron chi connectivity index (χ0n) is 20.0. The molecule has 11 heteroatoms. The Kier molecular flexibility index (Phi) is 7.70. The number of nitrogens with two attached hydrogens (primary N) is 1. The second-order valence-electron chi connectivity index (χ2n) is 8.95. The predicted molar refractivity (Wildman–Crippen MR) is 137 cm³/mol. The van der Waals surface area contributed by atoms with Crippen molar-refractivity contribution in [1.82, 2.24) is 10.2 Å². The Balaban J connectivity index is 1.35. The van der Waals surface area contributed by atoms with Gasteiger partial charge in [0.25, 0.3) is 11.8 Å². The highest BCUT2D eigenvalue weighted by atomic mass is 35.5. The van der Waals surface area contributed by atoms with Crippen molar-refractivity contribution >= 4 is 52.5 Å². The molecular formula is C26H26ClN5O5. The van der Waals surface area contributed by atoms with Crippen LogP contribution in [0.1, 0.15) is 42.9 Å². The van der Waals surface area contributed by atoms with Gasteiger partial charge in [-0.15, -0.1) is 0 Å². The van der Waals surface area contributed by atoms with E-state index in [-0.39, 0.29) is 30.9 Å². The Morgan fingerprint density at radius 2 is 1.95 bits per heavy atom. The number of nitrogens with zero attached hydrogens (tertiary/aromatic N) is 1. The van der Waals surface area contributed by atoms with E-state index in [4.69, 9.17) is 17.3 Å². The maximum absolute atomic E-state index is 12.9. The van der Waals surface area contributed by atoms with Gasteiger partial charge in [-0.3, -0.25) is 34.2 Å². The number of amides is 5. The SMILES string of the molecule is Cc1ccc(NC(=O)CC[C@@H](N)c2cccc(NC3=CC(=O)N(C4CCC(=O)NC4=O)C3=O)c2)cc1Cl. The molecular weight excluding hydrogens is 498 g/mol. The number of aryl methyl sites for hydroxylation is 1. The zero-order valence-corrected chi connectivity index (χ0v) is 20.8. The van der Waals surface area contributed by atoms with Crippen molar-refractivity contribution in [3.8, 4) is 0 Å². The molecule has 0 aliphatic carbocycles. The van der Waals surface area contributed by atoms with E-state index < -0.39 is 35.7 Å². The minimum Gasteiger partial charge on any atom is -0.351 e. The summed E-state index contributed by atoms with van der Waals surface area (Å²) in [6.45, 7) is 1.88. The van der Waals surface area contributed by atoms with E-state index in [1.54, 1.807) is 36.4 Å². The molecule has 2 aliphatic rings. The van der Waals surface area contributed by atoms with E-state index in [1.165, 1.54) is 0 Å². The molecule has 4 rings (SSSR count). The molecule has 2 heterocycles. The molecule has 0 saturated carbocycles. The van der Waals surface area contributed by atoms with Gasteiger partial charge in [-0.1, -0.05) is 29.8 Å². The Bertz CT molecular complexity index is 1320. The standard InChI is InChI=1S/C26H26ClN5O5/c1-14-5-6-17(12-18(14)27)30-22(33)9-7-19(28)15-3-2-4-16(11-15)29-20-13-24(35)32(26(20)37)21-8-10-23(34)31-25(21)36/h2-6,11-13,19,21,29H,7-10,28H2,1H3,(H,30,33)(H,31,34,36)/t19-,21?/m1/s1. The molecule has 1 fully saturated rings. The third kappa shape index (κ3) is 6.04. The number of nitrogens with one attached hydrogen (secondary N) is 3. The fraction of sp³-hybridized carbons (Fsp3) is 0.269. The van der Waals surface area contributed by atoms with Crippen molar-refractivity contribution in [2.45, 2.75) is 44.7 Å². The summed E-state index contributed by atoms with van der Waals surface area (Å²) in [5, 5.41) is 8.44. The molecule has 2 atom stereocenters. The van der Waals surface area contributed by atoms with Gasteiger partial charge in [0.05, 0.1) is 0 Å². The van der Waals surface area contributed by atoms with Gasteiger partial charge in [-0.25, -0.2) is 0 Å². The quantitative estimate of drug-likeness (QED) is 0.388. The predicted octanol–water partition coefficient (Wildman–Crippen LogP) is 2.54. The van der Waals surface area contributed by atoms with Crippen molar-refractivity contribution in [2.24, 2.45) is 5.73 Å². The van der Waals surface area contributed by atoms with Gasteiger partial charge < -0.3 is 16.4 Å². The summed E-state index contributed by atoms with van der Waals surface area (Å²) >= 11 is 6.10. The van der Waals surface area contributed by atoms with Crippen LogP contribution in [0, 0.1) is 6.92 Å². The average molecular weight is 524 g/mol. The van der Waals surface area contributed by atoms with Gasteiger partial charge in [-0.2, -0.15) is 0 Å². The lowest BCUT2D eigenvalue weighted by Crippen LogP contribution is -2.54. The smallest absolute Gasteiger partial charge is 0.278 e. The fourth-order valence-electron chi connectivity index (χ4n) is 4.15. The first-order valence-corrected chi connectivity index (χ1v) is 12.1. The Morgan fingerprint density at radius 1 is 1.16 bits per heavy atom. The normalized spacial score (nSPS) is 18.4. The van der Waals surface area contributed by atoms with Crippen molar-refractivity contribution in [2.75, 3.05) is 10.6 Å². The molecule has 0 spiro atoms. The number of carbonyl (C=O) groups is 5. The largest absolute Gasteiger partial charge is 0.351 e. The summed E-state index contributed by atoms with van der Waals surface area (Å²) in [6.07, 6.45) is 1.81. The number of hydrogen-bond donors (Lipinski definition) is 4. The van der Waals surface area contributed by atoms with Crippen molar-refractivity contribution in [1.29, 1.82) is 0 Å². The monoisotopic (exact) mass is 523 g/mol. The van der Waals surface area contributed by atoms with Gasteiger partial charge in [-0.05, 0) is 55.2 Å². The number of imide groups is 2. The number of carbonyl (C=O) groups excluding carboxylic acids is 5. The highest BCUT2D eigenvalue weighted by molar-refractivity contribution is 6.31. The topological polar surface area (TPSA) is 151 Å². The zero-order chi connectivity index (χ0) is 26.7. The molecule has 5 amide bonds. The third-order valence-electron chi connectivity index (χ3n) is 6.21. The van der Waals surface area contributed by atoms with E-state index in [0.717, 1.165) is 22.1 Å². The van der Waals surface area contributed by atoms with E-state index in [0.29, 0.717) is 22.8 Å². The van der Waals surface area contributed by atoms with Crippen LogP contribution in [0.25, 0.3) is 0 Å². The average Bonchev–Trinajstić information content (AvgIpc) is 3.12. The van der Waals surface area contributed by atoms with Crippen LogP contribution in [0.2, 0.25) is 5.02 Å². The molecule has 1 saturated heterocycles. The van der Waals surface area contributed by atoms with Crippen molar-refractivity contribution in [3.05, 3.63) is 70.4 Å². The lowest BCUT2D eigenvalue weighted by molar-refractivity contribution is -0.149. The highest BCUT2D eigenvalue weighted by Gasteiger charge is 2.42. The summed E-state index contributed by atoms with van der Waals surface area (Å²) in [4.78, 5) is 62.1. The second-order valence-corrected chi connectivity index (χ2v) is 9.35. The van der Waals surface area contributed by atoms with Crippen molar-refractivity contribution in [3.63, 3.8) is 0 Å². The van der Waals surface area contributed by atoms with E-state index in [1.807, 2.05) is 13.0 Å². The van der Waals surface area contributed by atoms with E-state index >= 15 is 0 Å². The molecule has 37 heavy (non-hydrogen) atoms. The van der Waals surface area contributed by atoms with Crippen LogP contribution in [-0.4, -0.2) is 40.5 Å². The summed E-state index contributed by atoms with van der Waals surface area (Å²) < 4.78 is 0. The number of anilines is 2. The van der Waals surface area contributed by atoms with E-state index in [9.17, 15) is 24.0 Å². The Hall–Kier alpha value is -4.02. The summed E-state index contributed by atoms with van der Waals surface area (Å²) in [6, 6.07) is 10.8. The lowest BCUT2D eigenvalue weighted by atomic mass is 10.0.